The molecule has 1 heterocycles. The van der Waals surface area contributed by atoms with E-state index in [2.05, 4.69) is 17.2 Å². The normalized spacial score (nSPS) is 10.7. The zero-order valence-electron chi connectivity index (χ0n) is 9.72. The summed E-state index contributed by atoms with van der Waals surface area (Å²) in [7, 11) is 0. The van der Waals surface area contributed by atoms with Gasteiger partial charge in [-0.1, -0.05) is 13.3 Å². The molecular formula is C13H15FN2O. The van der Waals surface area contributed by atoms with Gasteiger partial charge in [0.2, 0.25) is 0 Å². The number of nitrogens with one attached hydrogen (secondary N) is 2. The van der Waals surface area contributed by atoms with E-state index in [4.69, 9.17) is 0 Å². The van der Waals surface area contributed by atoms with Crippen molar-refractivity contribution >= 4 is 16.8 Å². The summed E-state index contributed by atoms with van der Waals surface area (Å²) in [5.74, 6) is -0.452. The van der Waals surface area contributed by atoms with Crippen LogP contribution >= 0.6 is 0 Å². The molecule has 0 saturated carbocycles. The van der Waals surface area contributed by atoms with Crippen LogP contribution in [0.1, 0.15) is 30.3 Å². The molecule has 0 aliphatic rings. The van der Waals surface area contributed by atoms with Gasteiger partial charge in [0.1, 0.15) is 11.5 Å². The smallest absolute Gasteiger partial charge is 0.267 e. The van der Waals surface area contributed by atoms with Crippen LogP contribution in [0, 0.1) is 5.82 Å². The second kappa shape index (κ2) is 4.99. The van der Waals surface area contributed by atoms with Crippen molar-refractivity contribution in [1.82, 2.24) is 10.3 Å². The van der Waals surface area contributed by atoms with Gasteiger partial charge in [0.15, 0.2) is 0 Å². The molecule has 0 aliphatic carbocycles. The average Bonchev–Trinajstić information content (AvgIpc) is 2.72. The lowest BCUT2D eigenvalue weighted by molar-refractivity contribution is 0.0949. The van der Waals surface area contributed by atoms with Crippen molar-refractivity contribution < 1.29 is 9.18 Å². The van der Waals surface area contributed by atoms with E-state index in [1.165, 1.54) is 12.1 Å². The number of hydrogen-bond donors (Lipinski definition) is 2. The highest BCUT2D eigenvalue weighted by atomic mass is 19.1. The summed E-state index contributed by atoms with van der Waals surface area (Å²) in [6.45, 7) is 2.73. The van der Waals surface area contributed by atoms with Gasteiger partial charge in [-0.15, -0.1) is 0 Å². The number of benzene rings is 1. The van der Waals surface area contributed by atoms with Crippen LogP contribution in [0.2, 0.25) is 0 Å². The molecular weight excluding hydrogens is 219 g/mol. The Hall–Kier alpha value is -1.84. The minimum Gasteiger partial charge on any atom is -0.351 e. The second-order valence-electron chi connectivity index (χ2n) is 4.02. The Morgan fingerprint density at radius 2 is 2.24 bits per heavy atom. The number of halogens is 1. The van der Waals surface area contributed by atoms with Crippen molar-refractivity contribution in [3.8, 4) is 0 Å². The zero-order valence-corrected chi connectivity index (χ0v) is 9.72. The third kappa shape index (κ3) is 2.64. The van der Waals surface area contributed by atoms with Gasteiger partial charge < -0.3 is 10.3 Å². The molecule has 0 saturated heterocycles. The highest BCUT2D eigenvalue weighted by molar-refractivity contribution is 5.97. The monoisotopic (exact) mass is 234 g/mol. The molecule has 0 spiro atoms. The highest BCUT2D eigenvalue weighted by Gasteiger charge is 2.08. The van der Waals surface area contributed by atoms with Gasteiger partial charge in [-0.2, -0.15) is 0 Å². The molecule has 0 unspecified atom stereocenters. The lowest BCUT2D eigenvalue weighted by atomic mass is 10.2. The SMILES string of the molecule is CCCCNC(=O)c1cc2ccc(F)cc2[nH]1. The minimum absolute atomic E-state index is 0.143. The van der Waals surface area contributed by atoms with E-state index in [0.29, 0.717) is 17.8 Å². The number of rotatable bonds is 4. The van der Waals surface area contributed by atoms with Crippen LogP contribution in [0.25, 0.3) is 10.9 Å². The molecule has 3 nitrogen and oxygen atoms in total. The van der Waals surface area contributed by atoms with Crippen molar-refractivity contribution in [3.05, 3.63) is 35.8 Å². The molecule has 0 atom stereocenters. The first-order valence-electron chi connectivity index (χ1n) is 5.77. The number of fused-ring (bicyclic) bond motifs is 1. The molecule has 0 bridgehead atoms. The van der Waals surface area contributed by atoms with E-state index in [1.54, 1.807) is 12.1 Å². The van der Waals surface area contributed by atoms with Crippen LogP contribution in [0.3, 0.4) is 0 Å². The van der Waals surface area contributed by atoms with Crippen molar-refractivity contribution in [3.63, 3.8) is 0 Å². The molecule has 90 valence electrons. The molecule has 4 heteroatoms. The van der Waals surface area contributed by atoms with Crippen molar-refractivity contribution in [2.75, 3.05) is 6.54 Å². The molecule has 0 aliphatic heterocycles. The van der Waals surface area contributed by atoms with Crippen LogP contribution < -0.4 is 5.32 Å². The number of unbranched alkanes of at least 4 members (excludes halogenated alkanes) is 1. The summed E-state index contributed by atoms with van der Waals surface area (Å²) < 4.78 is 13.0. The lowest BCUT2D eigenvalue weighted by Gasteiger charge is -2.01. The van der Waals surface area contributed by atoms with Crippen molar-refractivity contribution in [2.24, 2.45) is 0 Å². The molecule has 2 N–H and O–H groups in total. The summed E-state index contributed by atoms with van der Waals surface area (Å²) in [5, 5.41) is 3.65. The van der Waals surface area contributed by atoms with Gasteiger partial charge in [0.05, 0.1) is 0 Å². The van der Waals surface area contributed by atoms with Gasteiger partial charge in [-0.25, -0.2) is 4.39 Å². The number of aromatic amines is 1. The van der Waals surface area contributed by atoms with Crippen molar-refractivity contribution in [2.45, 2.75) is 19.8 Å². The summed E-state index contributed by atoms with van der Waals surface area (Å²) in [4.78, 5) is 14.6. The number of H-pyrrole nitrogens is 1. The number of aromatic nitrogens is 1. The molecule has 1 aromatic carbocycles. The predicted molar refractivity (Wildman–Crippen MR) is 65.5 cm³/mol. The van der Waals surface area contributed by atoms with E-state index < -0.39 is 0 Å². The quantitative estimate of drug-likeness (QED) is 0.785. The zero-order chi connectivity index (χ0) is 12.3. The molecule has 1 amide bonds. The van der Waals surface area contributed by atoms with Gasteiger partial charge in [0, 0.05) is 17.4 Å². The number of carbonyl (C=O) groups excluding carboxylic acids is 1. The number of hydrogen-bond acceptors (Lipinski definition) is 1. The first kappa shape index (κ1) is 11.6. The largest absolute Gasteiger partial charge is 0.351 e. The Morgan fingerprint density at radius 3 is 3.00 bits per heavy atom. The first-order chi connectivity index (χ1) is 8.20. The second-order valence-corrected chi connectivity index (χ2v) is 4.02. The molecule has 0 radical (unpaired) electrons. The third-order valence-electron chi connectivity index (χ3n) is 2.65. The van der Waals surface area contributed by atoms with E-state index >= 15 is 0 Å². The van der Waals surface area contributed by atoms with E-state index in [9.17, 15) is 9.18 Å². The average molecular weight is 234 g/mol. The maximum absolute atomic E-state index is 13.0. The molecule has 2 aromatic rings. The maximum Gasteiger partial charge on any atom is 0.267 e. The summed E-state index contributed by atoms with van der Waals surface area (Å²) in [5.41, 5.74) is 1.12. The van der Waals surface area contributed by atoms with Gasteiger partial charge in [0.25, 0.3) is 5.91 Å². The van der Waals surface area contributed by atoms with E-state index in [-0.39, 0.29) is 11.7 Å². The molecule has 2 rings (SSSR count). The van der Waals surface area contributed by atoms with Crippen molar-refractivity contribution in [1.29, 1.82) is 0 Å². The number of amides is 1. The Bertz CT molecular complexity index is 533. The lowest BCUT2D eigenvalue weighted by Crippen LogP contribution is -2.24. The summed E-state index contributed by atoms with van der Waals surface area (Å²) in [6, 6.07) is 6.16. The fourth-order valence-electron chi connectivity index (χ4n) is 1.70. The van der Waals surface area contributed by atoms with Crippen LogP contribution in [-0.2, 0) is 0 Å². The van der Waals surface area contributed by atoms with Gasteiger partial charge in [-0.3, -0.25) is 4.79 Å². The molecule has 1 aromatic heterocycles. The number of carbonyl (C=O) groups is 1. The van der Waals surface area contributed by atoms with Crippen LogP contribution in [0.5, 0.6) is 0 Å². The minimum atomic E-state index is -0.308. The Kier molecular flexibility index (Phi) is 3.42. The summed E-state index contributed by atoms with van der Waals surface area (Å²) >= 11 is 0. The Balaban J connectivity index is 2.15. The fraction of sp³-hybridized carbons (Fsp3) is 0.308. The maximum atomic E-state index is 13.0. The van der Waals surface area contributed by atoms with Gasteiger partial charge >= 0.3 is 0 Å². The Morgan fingerprint density at radius 1 is 1.41 bits per heavy atom. The predicted octanol–water partition coefficient (Wildman–Crippen LogP) is 2.84. The topological polar surface area (TPSA) is 44.9 Å². The standard InChI is InChI=1S/C13H15FN2O/c1-2-3-6-15-13(17)12-7-9-4-5-10(14)8-11(9)16-12/h4-5,7-8,16H,2-3,6H2,1H3,(H,15,17). The van der Waals surface area contributed by atoms with E-state index in [0.717, 1.165) is 18.2 Å². The van der Waals surface area contributed by atoms with Crippen LogP contribution in [0.4, 0.5) is 4.39 Å². The summed E-state index contributed by atoms with van der Waals surface area (Å²) in [6.07, 6.45) is 2.00. The highest BCUT2D eigenvalue weighted by Crippen LogP contribution is 2.16. The fourth-order valence-corrected chi connectivity index (χ4v) is 1.70. The van der Waals surface area contributed by atoms with Crippen LogP contribution in [0.15, 0.2) is 24.3 Å². The third-order valence-corrected chi connectivity index (χ3v) is 2.65. The first-order valence-corrected chi connectivity index (χ1v) is 5.77. The van der Waals surface area contributed by atoms with Gasteiger partial charge in [-0.05, 0) is 30.7 Å². The van der Waals surface area contributed by atoms with Crippen LogP contribution in [-0.4, -0.2) is 17.4 Å². The van der Waals surface area contributed by atoms with E-state index in [1.807, 2.05) is 0 Å². The molecule has 17 heavy (non-hydrogen) atoms. The molecule has 0 fully saturated rings. The Labute approximate surface area is 99.0 Å².